The van der Waals surface area contributed by atoms with Gasteiger partial charge in [0.2, 0.25) is 6.10 Å². The summed E-state index contributed by atoms with van der Waals surface area (Å²) in [5.74, 6) is -2.68. The van der Waals surface area contributed by atoms with Gasteiger partial charge < -0.3 is 20.3 Å². The van der Waals surface area contributed by atoms with Crippen LogP contribution in [0.3, 0.4) is 0 Å². The molecule has 0 heterocycles. The summed E-state index contributed by atoms with van der Waals surface area (Å²) in [6, 6.07) is 16.1. The lowest BCUT2D eigenvalue weighted by molar-refractivity contribution is -0.146. The third kappa shape index (κ3) is 5.01. The predicted octanol–water partition coefficient (Wildman–Crippen LogP) is 3.97. The number of anilines is 1. The van der Waals surface area contributed by atoms with Crippen molar-refractivity contribution in [1.29, 1.82) is 0 Å². The van der Waals surface area contributed by atoms with Gasteiger partial charge in [-0.15, -0.1) is 0 Å². The van der Waals surface area contributed by atoms with Crippen LogP contribution < -0.4 is 15.8 Å². The Balaban J connectivity index is 1.93. The number of para-hydroxylation sites is 1. The highest BCUT2D eigenvalue weighted by Crippen LogP contribution is 2.31. The Labute approximate surface area is 182 Å². The Morgan fingerprint density at radius 3 is 2.38 bits per heavy atom. The van der Waals surface area contributed by atoms with E-state index < -0.39 is 29.9 Å². The van der Waals surface area contributed by atoms with Gasteiger partial charge in [-0.25, -0.2) is 14.0 Å². The molecule has 0 radical (unpaired) electrons. The van der Waals surface area contributed by atoms with Gasteiger partial charge in [0, 0.05) is 16.8 Å². The molecule has 1 unspecified atom stereocenters. The number of rotatable bonds is 7. The predicted molar refractivity (Wildman–Crippen MR) is 114 cm³/mol. The number of amides is 2. The van der Waals surface area contributed by atoms with Crippen LogP contribution in [-0.4, -0.2) is 30.2 Å². The number of halogens is 1. The first-order chi connectivity index (χ1) is 15.3. The highest BCUT2D eigenvalue weighted by atomic mass is 19.1. The van der Waals surface area contributed by atoms with Crippen LogP contribution in [0.15, 0.2) is 66.7 Å². The Bertz CT molecular complexity index is 1170. The molecule has 0 spiro atoms. The van der Waals surface area contributed by atoms with Crippen LogP contribution in [0.2, 0.25) is 0 Å². The highest BCUT2D eigenvalue weighted by molar-refractivity contribution is 5.97. The summed E-state index contributed by atoms with van der Waals surface area (Å²) in [5, 5.41) is 12.0. The molecule has 164 valence electrons. The van der Waals surface area contributed by atoms with Gasteiger partial charge in [-0.2, -0.15) is 0 Å². The van der Waals surface area contributed by atoms with Crippen LogP contribution in [-0.2, 0) is 9.53 Å². The molecular weight excluding hydrogens is 419 g/mol. The first-order valence-corrected chi connectivity index (χ1v) is 9.33. The molecule has 0 aliphatic rings. The van der Waals surface area contributed by atoms with Crippen molar-refractivity contribution in [3.8, 4) is 16.9 Å². The number of carboxylic acids is 1. The number of hydrogen-bond acceptors (Lipinski definition) is 5. The zero-order valence-corrected chi connectivity index (χ0v) is 16.9. The van der Waals surface area contributed by atoms with Gasteiger partial charge >= 0.3 is 12.1 Å². The van der Waals surface area contributed by atoms with E-state index in [0.29, 0.717) is 5.69 Å². The average Bonchev–Trinajstić information content (AvgIpc) is 2.78. The fourth-order valence-corrected chi connectivity index (χ4v) is 3.03. The number of ether oxygens (including phenoxy) is 2. The Morgan fingerprint density at radius 1 is 1.03 bits per heavy atom. The van der Waals surface area contributed by atoms with Crippen molar-refractivity contribution in [3.05, 3.63) is 83.7 Å². The maximum absolute atomic E-state index is 14.6. The summed E-state index contributed by atoms with van der Waals surface area (Å²) in [6.07, 6.45) is -2.69. The smallest absolute Gasteiger partial charge is 0.412 e. The topological polar surface area (TPSA) is 128 Å². The normalized spacial score (nSPS) is 11.3. The van der Waals surface area contributed by atoms with Crippen LogP contribution in [0.1, 0.15) is 22.0 Å². The minimum Gasteiger partial charge on any atom is -0.496 e. The van der Waals surface area contributed by atoms with E-state index in [4.69, 9.17) is 15.2 Å². The van der Waals surface area contributed by atoms with Crippen molar-refractivity contribution >= 4 is 23.7 Å². The van der Waals surface area contributed by atoms with Gasteiger partial charge in [-0.05, 0) is 42.0 Å². The first-order valence-electron chi connectivity index (χ1n) is 9.33. The summed E-state index contributed by atoms with van der Waals surface area (Å²) in [7, 11) is 1.36. The lowest BCUT2D eigenvalue weighted by atomic mass is 9.98. The largest absolute Gasteiger partial charge is 0.496 e. The van der Waals surface area contributed by atoms with Gasteiger partial charge in [0.25, 0.3) is 5.91 Å². The molecule has 0 fully saturated rings. The van der Waals surface area contributed by atoms with E-state index in [0.717, 1.165) is 6.07 Å². The number of benzene rings is 3. The van der Waals surface area contributed by atoms with Crippen LogP contribution in [0, 0.1) is 5.82 Å². The van der Waals surface area contributed by atoms with Crippen LogP contribution >= 0.6 is 0 Å². The molecule has 8 nitrogen and oxygen atoms in total. The van der Waals surface area contributed by atoms with Crippen LogP contribution in [0.5, 0.6) is 5.75 Å². The number of carbonyl (C=O) groups is 3. The first kappa shape index (κ1) is 22.3. The van der Waals surface area contributed by atoms with Gasteiger partial charge in [0.05, 0.1) is 12.7 Å². The molecular formula is C23H19FN2O6. The zero-order chi connectivity index (χ0) is 23.3. The third-order valence-electron chi connectivity index (χ3n) is 4.54. The summed E-state index contributed by atoms with van der Waals surface area (Å²) in [6.45, 7) is 0. The second-order valence-corrected chi connectivity index (χ2v) is 6.63. The molecule has 9 heteroatoms. The lowest BCUT2D eigenvalue weighted by Gasteiger charge is -2.16. The van der Waals surface area contributed by atoms with E-state index in [1.54, 1.807) is 30.3 Å². The molecule has 0 saturated carbocycles. The Morgan fingerprint density at radius 2 is 1.75 bits per heavy atom. The summed E-state index contributed by atoms with van der Waals surface area (Å²) < 4.78 is 24.7. The van der Waals surface area contributed by atoms with Gasteiger partial charge in [-0.1, -0.05) is 30.3 Å². The van der Waals surface area contributed by atoms with Gasteiger partial charge in [0.15, 0.2) is 0 Å². The maximum Gasteiger partial charge on any atom is 0.412 e. The van der Waals surface area contributed by atoms with E-state index in [1.165, 1.54) is 37.4 Å². The number of nitrogens with one attached hydrogen (secondary N) is 1. The SMILES string of the molecule is COc1ccc(-c2cc(C(OC(=O)Nc3ccccc3)C(=O)O)ccc2F)cc1C(N)=O. The zero-order valence-electron chi connectivity index (χ0n) is 16.9. The van der Waals surface area contributed by atoms with Crippen molar-refractivity contribution in [1.82, 2.24) is 0 Å². The van der Waals surface area contributed by atoms with E-state index in [-0.39, 0.29) is 28.0 Å². The number of carboxylic acid groups (broad SMARTS) is 1. The van der Waals surface area contributed by atoms with Crippen molar-refractivity contribution in [3.63, 3.8) is 0 Å². The molecule has 3 aromatic rings. The maximum atomic E-state index is 14.6. The molecule has 0 aliphatic carbocycles. The number of aliphatic carboxylic acids is 1. The van der Waals surface area contributed by atoms with Crippen LogP contribution in [0.25, 0.3) is 11.1 Å². The molecule has 1 atom stereocenters. The number of nitrogens with two attached hydrogens (primary N) is 1. The van der Waals surface area contributed by atoms with Crippen molar-refractivity contribution < 1.29 is 33.4 Å². The second kappa shape index (κ2) is 9.61. The van der Waals surface area contributed by atoms with Crippen molar-refractivity contribution in [2.75, 3.05) is 12.4 Å². The number of hydrogen-bond donors (Lipinski definition) is 3. The molecule has 3 rings (SSSR count). The monoisotopic (exact) mass is 438 g/mol. The van der Waals surface area contributed by atoms with E-state index >= 15 is 0 Å². The summed E-state index contributed by atoms with van der Waals surface area (Å²) in [5.41, 5.74) is 6.08. The molecule has 0 aliphatic heterocycles. The quantitative estimate of drug-likeness (QED) is 0.512. The van der Waals surface area contributed by atoms with Gasteiger partial charge in [0.1, 0.15) is 11.6 Å². The molecule has 0 bridgehead atoms. The Kier molecular flexibility index (Phi) is 6.69. The molecule has 2 amide bonds. The lowest BCUT2D eigenvalue weighted by Crippen LogP contribution is -2.23. The molecule has 3 aromatic carbocycles. The van der Waals surface area contributed by atoms with Crippen molar-refractivity contribution in [2.24, 2.45) is 5.73 Å². The van der Waals surface area contributed by atoms with E-state index in [1.807, 2.05) is 0 Å². The van der Waals surface area contributed by atoms with Gasteiger partial charge in [-0.3, -0.25) is 10.1 Å². The minimum absolute atomic E-state index is 0.00836. The van der Waals surface area contributed by atoms with E-state index in [9.17, 15) is 23.9 Å². The molecule has 0 saturated heterocycles. The Hall–Kier alpha value is -4.40. The minimum atomic E-state index is -1.70. The molecule has 0 aromatic heterocycles. The second-order valence-electron chi connectivity index (χ2n) is 6.63. The fraction of sp³-hybridized carbons (Fsp3) is 0.0870. The molecule has 32 heavy (non-hydrogen) atoms. The van der Waals surface area contributed by atoms with Crippen molar-refractivity contribution in [2.45, 2.75) is 6.10 Å². The summed E-state index contributed by atoms with van der Waals surface area (Å²) >= 11 is 0. The standard InChI is InChI=1S/C23H19FN2O6/c1-31-19-10-8-13(11-17(19)21(25)27)16-12-14(7-9-18(16)24)20(22(28)29)32-23(30)26-15-5-3-2-4-6-15/h2-12,20H,1H3,(H2,25,27)(H,26,30)(H,28,29). The molecule has 4 N–H and O–H groups in total. The fourth-order valence-electron chi connectivity index (χ4n) is 3.03. The number of carbonyl (C=O) groups excluding carboxylic acids is 2. The van der Waals surface area contributed by atoms with Crippen LogP contribution in [0.4, 0.5) is 14.9 Å². The number of primary amides is 1. The highest BCUT2D eigenvalue weighted by Gasteiger charge is 2.26. The van der Waals surface area contributed by atoms with E-state index in [2.05, 4.69) is 5.32 Å². The third-order valence-corrected chi connectivity index (χ3v) is 4.54. The summed E-state index contributed by atoms with van der Waals surface area (Å²) in [4.78, 5) is 35.6. The number of methoxy groups -OCH3 is 1. The average molecular weight is 438 g/mol.